The smallest absolute Gasteiger partial charge is 0.269 e. The third-order valence-corrected chi connectivity index (χ3v) is 2.42. The number of hydrogen-bond donors (Lipinski definition) is 2. The Kier molecular flexibility index (Phi) is 2.09. The van der Waals surface area contributed by atoms with Crippen LogP contribution in [0.25, 0.3) is 0 Å². The van der Waals surface area contributed by atoms with Crippen LogP contribution in [0.4, 0.5) is 11.4 Å². The standard InChI is InChI=1S/C9H11N3O2/c10-8-3-4-11-9-2-1-6(12(13)14)5-7(8)9/h1-2,5,8,11H,3-4,10H2/t8-/m0/s1. The zero-order chi connectivity index (χ0) is 10.1. The number of anilines is 1. The Morgan fingerprint density at radius 1 is 1.57 bits per heavy atom. The highest BCUT2D eigenvalue weighted by molar-refractivity contribution is 5.58. The molecule has 1 aliphatic heterocycles. The summed E-state index contributed by atoms with van der Waals surface area (Å²) in [6.07, 6.45) is 0.814. The molecule has 1 aromatic rings. The lowest BCUT2D eigenvalue weighted by Gasteiger charge is -2.23. The van der Waals surface area contributed by atoms with Crippen molar-refractivity contribution >= 4 is 11.4 Å². The van der Waals surface area contributed by atoms with Crippen molar-refractivity contribution in [3.63, 3.8) is 0 Å². The largest absolute Gasteiger partial charge is 0.385 e. The Morgan fingerprint density at radius 2 is 2.36 bits per heavy atom. The van der Waals surface area contributed by atoms with Gasteiger partial charge in [0.2, 0.25) is 0 Å². The third kappa shape index (κ3) is 1.42. The Morgan fingerprint density at radius 3 is 3.07 bits per heavy atom. The number of nitro groups is 1. The van der Waals surface area contributed by atoms with E-state index in [0.717, 1.165) is 24.2 Å². The Balaban J connectivity index is 2.45. The highest BCUT2D eigenvalue weighted by Crippen LogP contribution is 2.30. The summed E-state index contributed by atoms with van der Waals surface area (Å²) in [7, 11) is 0. The molecule has 5 heteroatoms. The second-order valence-corrected chi connectivity index (χ2v) is 3.35. The maximum absolute atomic E-state index is 10.5. The van der Waals surface area contributed by atoms with Crippen molar-refractivity contribution in [3.05, 3.63) is 33.9 Å². The van der Waals surface area contributed by atoms with Crippen LogP contribution in [-0.4, -0.2) is 11.5 Å². The van der Waals surface area contributed by atoms with Gasteiger partial charge in [-0.2, -0.15) is 0 Å². The summed E-state index contributed by atoms with van der Waals surface area (Å²) in [6, 6.07) is 4.66. The molecule has 0 amide bonds. The summed E-state index contributed by atoms with van der Waals surface area (Å²) in [5, 5.41) is 13.7. The number of nitrogens with two attached hydrogens (primary N) is 1. The minimum absolute atomic E-state index is 0.0915. The first kappa shape index (κ1) is 8.96. The maximum atomic E-state index is 10.5. The Bertz CT molecular complexity index is 378. The molecular formula is C9H11N3O2. The minimum Gasteiger partial charge on any atom is -0.385 e. The molecule has 0 bridgehead atoms. The highest BCUT2D eigenvalue weighted by Gasteiger charge is 2.19. The van der Waals surface area contributed by atoms with E-state index in [2.05, 4.69) is 5.32 Å². The molecule has 0 aromatic heterocycles. The number of non-ortho nitro benzene ring substituents is 1. The van der Waals surface area contributed by atoms with E-state index in [1.807, 2.05) is 0 Å². The molecule has 0 fully saturated rings. The van der Waals surface area contributed by atoms with Crippen LogP contribution in [0.15, 0.2) is 18.2 Å². The molecule has 0 spiro atoms. The van der Waals surface area contributed by atoms with Gasteiger partial charge in [-0.3, -0.25) is 10.1 Å². The fourth-order valence-electron chi connectivity index (χ4n) is 1.65. The zero-order valence-electron chi connectivity index (χ0n) is 7.56. The van der Waals surface area contributed by atoms with Gasteiger partial charge in [0.05, 0.1) is 4.92 Å². The second-order valence-electron chi connectivity index (χ2n) is 3.35. The molecule has 0 saturated carbocycles. The number of hydrogen-bond acceptors (Lipinski definition) is 4. The van der Waals surface area contributed by atoms with Crippen molar-refractivity contribution in [1.29, 1.82) is 0 Å². The van der Waals surface area contributed by atoms with Crippen molar-refractivity contribution in [2.75, 3.05) is 11.9 Å². The van der Waals surface area contributed by atoms with E-state index < -0.39 is 4.92 Å². The van der Waals surface area contributed by atoms with Crippen LogP contribution in [-0.2, 0) is 0 Å². The summed E-state index contributed by atoms with van der Waals surface area (Å²) in [4.78, 5) is 10.1. The molecule has 0 aliphatic carbocycles. The predicted octanol–water partition coefficient (Wildman–Crippen LogP) is 1.41. The number of rotatable bonds is 1. The van der Waals surface area contributed by atoms with Gasteiger partial charge in [-0.15, -0.1) is 0 Å². The second kappa shape index (κ2) is 3.26. The average Bonchev–Trinajstić information content (AvgIpc) is 2.18. The first-order valence-corrected chi connectivity index (χ1v) is 4.46. The van der Waals surface area contributed by atoms with Crippen LogP contribution >= 0.6 is 0 Å². The van der Waals surface area contributed by atoms with Crippen molar-refractivity contribution in [2.24, 2.45) is 5.73 Å². The maximum Gasteiger partial charge on any atom is 0.269 e. The van der Waals surface area contributed by atoms with Gasteiger partial charge in [-0.1, -0.05) is 0 Å². The third-order valence-electron chi connectivity index (χ3n) is 2.42. The van der Waals surface area contributed by atoms with Crippen LogP contribution in [0.2, 0.25) is 0 Å². The molecule has 2 rings (SSSR count). The summed E-state index contributed by atoms with van der Waals surface area (Å²) >= 11 is 0. The molecular weight excluding hydrogens is 182 g/mol. The summed E-state index contributed by atoms with van der Waals surface area (Å²) in [6.45, 7) is 0.825. The molecule has 1 aliphatic rings. The molecule has 1 aromatic carbocycles. The summed E-state index contributed by atoms with van der Waals surface area (Å²) in [5.41, 5.74) is 7.70. The fraction of sp³-hybridized carbons (Fsp3) is 0.333. The SMILES string of the molecule is N[C@H]1CCNc2ccc([N+](=O)[O-])cc21. The van der Waals surface area contributed by atoms with Gasteiger partial charge >= 0.3 is 0 Å². The molecule has 1 atom stereocenters. The van der Waals surface area contributed by atoms with Gasteiger partial charge in [0, 0.05) is 30.4 Å². The van der Waals surface area contributed by atoms with Gasteiger partial charge < -0.3 is 11.1 Å². The number of nitrogens with one attached hydrogen (secondary N) is 1. The van der Waals surface area contributed by atoms with Crippen molar-refractivity contribution in [3.8, 4) is 0 Å². The quantitative estimate of drug-likeness (QED) is 0.522. The normalized spacial score (nSPS) is 19.6. The first-order valence-electron chi connectivity index (χ1n) is 4.46. The van der Waals surface area contributed by atoms with E-state index in [1.165, 1.54) is 6.07 Å². The zero-order valence-corrected chi connectivity index (χ0v) is 7.56. The van der Waals surface area contributed by atoms with E-state index in [0.29, 0.717) is 0 Å². The van der Waals surface area contributed by atoms with E-state index >= 15 is 0 Å². The average molecular weight is 193 g/mol. The lowest BCUT2D eigenvalue weighted by molar-refractivity contribution is -0.384. The van der Waals surface area contributed by atoms with Crippen LogP contribution < -0.4 is 11.1 Å². The first-order chi connectivity index (χ1) is 6.68. The van der Waals surface area contributed by atoms with Crippen LogP contribution in [0.5, 0.6) is 0 Å². The number of nitrogens with zero attached hydrogens (tertiary/aromatic N) is 1. The van der Waals surface area contributed by atoms with Gasteiger partial charge in [0.15, 0.2) is 0 Å². The topological polar surface area (TPSA) is 81.2 Å². The molecule has 0 unspecified atom stereocenters. The fourth-order valence-corrected chi connectivity index (χ4v) is 1.65. The monoisotopic (exact) mass is 193 g/mol. The molecule has 0 radical (unpaired) electrons. The number of fused-ring (bicyclic) bond motifs is 1. The van der Waals surface area contributed by atoms with Gasteiger partial charge in [0.25, 0.3) is 5.69 Å². The van der Waals surface area contributed by atoms with Crippen LogP contribution in [0.3, 0.4) is 0 Å². The van der Waals surface area contributed by atoms with Gasteiger partial charge in [-0.25, -0.2) is 0 Å². The highest BCUT2D eigenvalue weighted by atomic mass is 16.6. The molecule has 5 nitrogen and oxygen atoms in total. The Hall–Kier alpha value is -1.62. The van der Waals surface area contributed by atoms with Crippen molar-refractivity contribution < 1.29 is 4.92 Å². The molecule has 0 saturated heterocycles. The molecule has 3 N–H and O–H groups in total. The van der Waals surface area contributed by atoms with Crippen molar-refractivity contribution in [1.82, 2.24) is 0 Å². The van der Waals surface area contributed by atoms with Gasteiger partial charge in [0.1, 0.15) is 0 Å². The summed E-state index contributed by atoms with van der Waals surface area (Å²) < 4.78 is 0. The number of nitro benzene ring substituents is 1. The Labute approximate surface area is 81.1 Å². The lowest BCUT2D eigenvalue weighted by atomic mass is 9.98. The van der Waals surface area contributed by atoms with E-state index in [4.69, 9.17) is 5.73 Å². The van der Waals surface area contributed by atoms with Crippen LogP contribution in [0.1, 0.15) is 18.0 Å². The minimum atomic E-state index is -0.401. The van der Waals surface area contributed by atoms with Gasteiger partial charge in [-0.05, 0) is 18.1 Å². The van der Waals surface area contributed by atoms with E-state index in [1.54, 1.807) is 12.1 Å². The number of benzene rings is 1. The van der Waals surface area contributed by atoms with E-state index in [9.17, 15) is 10.1 Å². The lowest BCUT2D eigenvalue weighted by Crippen LogP contribution is -2.22. The van der Waals surface area contributed by atoms with Crippen LogP contribution in [0, 0.1) is 10.1 Å². The van der Waals surface area contributed by atoms with E-state index in [-0.39, 0.29) is 11.7 Å². The molecule has 74 valence electrons. The summed E-state index contributed by atoms with van der Waals surface area (Å²) in [5.74, 6) is 0. The molecule has 14 heavy (non-hydrogen) atoms. The molecule has 1 heterocycles. The van der Waals surface area contributed by atoms with Crippen molar-refractivity contribution in [2.45, 2.75) is 12.5 Å². The predicted molar refractivity (Wildman–Crippen MR) is 53.1 cm³/mol.